The smallest absolute Gasteiger partial charge is 0.317 e. The monoisotopic (exact) mass is 457 g/mol. The van der Waals surface area contributed by atoms with Crippen molar-refractivity contribution in [2.24, 2.45) is 0 Å². The highest BCUT2D eigenvalue weighted by molar-refractivity contribution is 7.14. The summed E-state index contributed by atoms with van der Waals surface area (Å²) in [5.74, 6) is -0.300. The molecule has 31 heavy (non-hydrogen) atoms. The summed E-state index contributed by atoms with van der Waals surface area (Å²) in [6.07, 6.45) is 0.618. The van der Waals surface area contributed by atoms with Gasteiger partial charge in [0.15, 0.2) is 5.01 Å². The molecule has 1 aromatic carbocycles. The number of thiazole rings is 1. The van der Waals surface area contributed by atoms with Crippen LogP contribution >= 0.6 is 22.7 Å². The number of nitrogen functional groups attached to an aromatic ring is 1. The molecule has 8 nitrogen and oxygen atoms in total. The van der Waals surface area contributed by atoms with Gasteiger partial charge < -0.3 is 26.0 Å². The molecule has 3 heterocycles. The van der Waals surface area contributed by atoms with E-state index in [1.54, 1.807) is 29.4 Å². The van der Waals surface area contributed by atoms with E-state index in [0.29, 0.717) is 49.0 Å². The van der Waals surface area contributed by atoms with Gasteiger partial charge in [-0.05, 0) is 29.1 Å². The van der Waals surface area contributed by atoms with Crippen molar-refractivity contribution in [1.82, 2.24) is 15.2 Å². The van der Waals surface area contributed by atoms with Gasteiger partial charge in [0, 0.05) is 36.4 Å². The van der Waals surface area contributed by atoms with Crippen LogP contribution in [-0.4, -0.2) is 48.6 Å². The van der Waals surface area contributed by atoms with Gasteiger partial charge in [0.1, 0.15) is 0 Å². The molecular formula is C21H23N5O3S2. The number of carbonyl (C=O) groups excluding carboxylic acids is 2. The molecule has 3 amide bonds. The molecule has 0 unspecified atom stereocenters. The third-order valence-corrected chi connectivity index (χ3v) is 6.90. The average molecular weight is 458 g/mol. The zero-order chi connectivity index (χ0) is 21.8. The maximum atomic E-state index is 12.8. The number of amides is 3. The molecule has 3 aromatic rings. The Morgan fingerprint density at radius 1 is 1.32 bits per heavy atom. The van der Waals surface area contributed by atoms with Gasteiger partial charge in [0.2, 0.25) is 0 Å². The Labute approximate surface area is 188 Å². The predicted octanol–water partition coefficient (Wildman–Crippen LogP) is 3.42. The summed E-state index contributed by atoms with van der Waals surface area (Å²) >= 11 is 2.94. The average Bonchev–Trinajstić information content (AvgIpc) is 3.45. The minimum Gasteiger partial charge on any atom is -0.397 e. The van der Waals surface area contributed by atoms with Gasteiger partial charge in [-0.15, -0.1) is 22.7 Å². The summed E-state index contributed by atoms with van der Waals surface area (Å²) in [6, 6.07) is 9.46. The summed E-state index contributed by atoms with van der Waals surface area (Å²) in [5.41, 5.74) is 9.00. The largest absolute Gasteiger partial charge is 0.397 e. The van der Waals surface area contributed by atoms with Crippen LogP contribution in [0.3, 0.4) is 0 Å². The zero-order valence-electron chi connectivity index (χ0n) is 17.0. The second-order valence-corrected chi connectivity index (χ2v) is 9.05. The number of carbonyl (C=O) groups is 2. The first kappa shape index (κ1) is 21.3. The van der Waals surface area contributed by atoms with Gasteiger partial charge in [-0.1, -0.05) is 12.1 Å². The molecule has 0 saturated carbocycles. The molecule has 0 bridgehead atoms. The Bertz CT molecular complexity index is 1080. The van der Waals surface area contributed by atoms with Crippen molar-refractivity contribution in [3.63, 3.8) is 0 Å². The minimum absolute atomic E-state index is 0.139. The number of hydrogen-bond acceptors (Lipinski definition) is 7. The molecule has 0 radical (unpaired) electrons. The van der Waals surface area contributed by atoms with Crippen LogP contribution < -0.4 is 16.4 Å². The molecule has 4 rings (SSSR count). The maximum Gasteiger partial charge on any atom is 0.317 e. The van der Waals surface area contributed by atoms with Crippen LogP contribution in [0, 0.1) is 0 Å². The lowest BCUT2D eigenvalue weighted by molar-refractivity contribution is 0.102. The van der Waals surface area contributed by atoms with Gasteiger partial charge in [-0.25, -0.2) is 9.78 Å². The fourth-order valence-electron chi connectivity index (χ4n) is 3.27. The molecule has 1 aliphatic heterocycles. The first-order valence-electron chi connectivity index (χ1n) is 9.80. The predicted molar refractivity (Wildman–Crippen MR) is 124 cm³/mol. The number of aromatic nitrogens is 1. The minimum atomic E-state index is -0.300. The van der Waals surface area contributed by atoms with Crippen molar-refractivity contribution in [2.75, 3.05) is 37.9 Å². The van der Waals surface area contributed by atoms with Crippen LogP contribution in [0.2, 0.25) is 0 Å². The van der Waals surface area contributed by atoms with E-state index < -0.39 is 0 Å². The molecule has 2 aromatic heterocycles. The highest BCUT2D eigenvalue weighted by atomic mass is 32.1. The van der Waals surface area contributed by atoms with E-state index in [9.17, 15) is 9.59 Å². The fourth-order valence-corrected chi connectivity index (χ4v) is 5.02. The summed E-state index contributed by atoms with van der Waals surface area (Å²) in [5, 5.41) is 8.08. The van der Waals surface area contributed by atoms with E-state index in [2.05, 4.69) is 15.6 Å². The SMILES string of the molecule is COCCNC(=O)N1CCc2nc(C(=O)Nc3cc(-c4cccs4)ccc3N)sc2C1. The number of nitrogens with two attached hydrogens (primary N) is 1. The van der Waals surface area contributed by atoms with Crippen LogP contribution in [0.4, 0.5) is 16.2 Å². The van der Waals surface area contributed by atoms with E-state index in [-0.39, 0.29) is 11.9 Å². The normalized spacial score (nSPS) is 13.0. The molecule has 0 fully saturated rings. The summed E-state index contributed by atoms with van der Waals surface area (Å²) in [6.45, 7) is 1.93. The van der Waals surface area contributed by atoms with E-state index in [1.165, 1.54) is 11.3 Å². The highest BCUT2D eigenvalue weighted by Gasteiger charge is 2.26. The van der Waals surface area contributed by atoms with Crippen molar-refractivity contribution in [2.45, 2.75) is 13.0 Å². The number of rotatable bonds is 6. The zero-order valence-corrected chi connectivity index (χ0v) is 18.6. The number of urea groups is 1. The Kier molecular flexibility index (Phi) is 6.50. The summed E-state index contributed by atoms with van der Waals surface area (Å²) < 4.78 is 4.96. The van der Waals surface area contributed by atoms with Crippen LogP contribution in [0.25, 0.3) is 10.4 Å². The summed E-state index contributed by atoms with van der Waals surface area (Å²) in [7, 11) is 1.59. The highest BCUT2D eigenvalue weighted by Crippen LogP contribution is 2.31. The molecule has 0 atom stereocenters. The van der Waals surface area contributed by atoms with Gasteiger partial charge in [0.05, 0.1) is 30.2 Å². The van der Waals surface area contributed by atoms with Crippen LogP contribution in [0.15, 0.2) is 35.7 Å². The number of nitrogens with one attached hydrogen (secondary N) is 2. The number of fused-ring (bicyclic) bond motifs is 1. The lowest BCUT2D eigenvalue weighted by Crippen LogP contribution is -2.43. The molecule has 0 saturated heterocycles. The molecule has 1 aliphatic rings. The number of thiophene rings is 1. The van der Waals surface area contributed by atoms with Crippen molar-refractivity contribution >= 4 is 46.0 Å². The van der Waals surface area contributed by atoms with E-state index in [1.807, 2.05) is 29.6 Å². The standard InChI is InChI=1S/C21H23N5O3S2/c1-29-9-7-23-21(28)26-8-6-15-18(12-26)31-20(25-15)19(27)24-16-11-13(4-5-14(16)22)17-3-2-10-30-17/h2-5,10-11H,6-9,12,22H2,1H3,(H,23,28)(H,24,27). The van der Waals surface area contributed by atoms with Crippen molar-refractivity contribution < 1.29 is 14.3 Å². The van der Waals surface area contributed by atoms with Crippen molar-refractivity contribution in [3.05, 3.63) is 51.3 Å². The van der Waals surface area contributed by atoms with E-state index in [0.717, 1.165) is 21.0 Å². The molecule has 0 spiro atoms. The Balaban J connectivity index is 1.44. The van der Waals surface area contributed by atoms with E-state index >= 15 is 0 Å². The fraction of sp³-hybridized carbons (Fsp3) is 0.286. The third kappa shape index (κ3) is 4.87. The molecular weight excluding hydrogens is 434 g/mol. The third-order valence-electron chi connectivity index (χ3n) is 4.90. The first-order valence-corrected chi connectivity index (χ1v) is 11.5. The van der Waals surface area contributed by atoms with Gasteiger partial charge in [-0.3, -0.25) is 4.79 Å². The molecule has 0 aliphatic carbocycles. The van der Waals surface area contributed by atoms with Crippen molar-refractivity contribution in [3.8, 4) is 10.4 Å². The van der Waals surface area contributed by atoms with Crippen molar-refractivity contribution in [1.29, 1.82) is 0 Å². The number of ether oxygens (including phenoxy) is 1. The van der Waals surface area contributed by atoms with Crippen LogP contribution in [0.5, 0.6) is 0 Å². The molecule has 10 heteroatoms. The second kappa shape index (κ2) is 9.46. The summed E-state index contributed by atoms with van der Waals surface area (Å²) in [4.78, 5) is 33.4. The van der Waals surface area contributed by atoms with Crippen LogP contribution in [0.1, 0.15) is 20.4 Å². The number of methoxy groups -OCH3 is 1. The van der Waals surface area contributed by atoms with Gasteiger partial charge in [-0.2, -0.15) is 0 Å². The number of nitrogens with zero attached hydrogens (tertiary/aromatic N) is 2. The number of hydrogen-bond donors (Lipinski definition) is 3. The van der Waals surface area contributed by atoms with Crippen LogP contribution in [-0.2, 0) is 17.7 Å². The Hall–Kier alpha value is -2.95. The Morgan fingerprint density at radius 3 is 2.97 bits per heavy atom. The molecule has 162 valence electrons. The topological polar surface area (TPSA) is 110 Å². The van der Waals surface area contributed by atoms with Gasteiger partial charge in [0.25, 0.3) is 5.91 Å². The quantitative estimate of drug-likeness (QED) is 0.388. The van der Waals surface area contributed by atoms with Gasteiger partial charge >= 0.3 is 6.03 Å². The number of anilines is 2. The maximum absolute atomic E-state index is 12.8. The second-order valence-electron chi connectivity index (χ2n) is 7.02. The lowest BCUT2D eigenvalue weighted by Gasteiger charge is -2.26. The number of benzene rings is 1. The molecule has 4 N–H and O–H groups in total. The Morgan fingerprint density at radius 2 is 2.19 bits per heavy atom. The van der Waals surface area contributed by atoms with E-state index in [4.69, 9.17) is 10.5 Å². The lowest BCUT2D eigenvalue weighted by atomic mass is 10.1. The first-order chi connectivity index (χ1) is 15.0.